The van der Waals surface area contributed by atoms with Crippen molar-refractivity contribution in [1.82, 2.24) is 5.16 Å². The smallest absolute Gasteiger partial charge is 0.243 e. The molecule has 0 saturated carbocycles. The number of carbonyl (C=O) groups is 2. The maximum Gasteiger partial charge on any atom is 0.243 e. The molecule has 0 aliphatic rings. The molecule has 0 aliphatic heterocycles. The van der Waals surface area contributed by atoms with Crippen molar-refractivity contribution in [1.29, 1.82) is 0 Å². The zero-order valence-electron chi connectivity index (χ0n) is 14.9. The van der Waals surface area contributed by atoms with E-state index in [1.807, 2.05) is 48.5 Å². The molecule has 0 saturated heterocycles. The lowest BCUT2D eigenvalue weighted by molar-refractivity contribution is -0.116. The molecule has 2 N–H and O–H groups in total. The summed E-state index contributed by atoms with van der Waals surface area (Å²) in [6.45, 7) is 3.22. The van der Waals surface area contributed by atoms with E-state index in [0.717, 1.165) is 10.5 Å². The van der Waals surface area contributed by atoms with Crippen LogP contribution in [0.15, 0.2) is 70.1 Å². The number of hydrogen-bond acceptors (Lipinski definition) is 5. The monoisotopic (exact) mass is 381 g/mol. The highest BCUT2D eigenvalue weighted by Gasteiger charge is 2.23. The molecule has 2 aromatic carbocycles. The van der Waals surface area contributed by atoms with E-state index in [2.05, 4.69) is 15.8 Å². The van der Waals surface area contributed by atoms with Gasteiger partial charge in [-0.3, -0.25) is 9.59 Å². The van der Waals surface area contributed by atoms with Gasteiger partial charge < -0.3 is 15.2 Å². The predicted molar refractivity (Wildman–Crippen MR) is 106 cm³/mol. The lowest BCUT2D eigenvalue weighted by atomic mass is 10.1. The highest BCUT2D eigenvalue weighted by molar-refractivity contribution is 8.00. The molecule has 0 spiro atoms. The second kappa shape index (κ2) is 8.55. The Hall–Kier alpha value is -3.06. The molecule has 27 heavy (non-hydrogen) atoms. The van der Waals surface area contributed by atoms with Crippen LogP contribution >= 0.6 is 11.8 Å². The first kappa shape index (κ1) is 18.7. The average Bonchev–Trinajstić information content (AvgIpc) is 3.05. The minimum absolute atomic E-state index is 0.143. The zero-order valence-corrected chi connectivity index (χ0v) is 15.7. The summed E-state index contributed by atoms with van der Waals surface area (Å²) >= 11 is 1.40. The highest BCUT2D eigenvalue weighted by Crippen LogP contribution is 2.37. The van der Waals surface area contributed by atoms with Gasteiger partial charge in [0, 0.05) is 23.6 Å². The maximum atomic E-state index is 12.9. The fraction of sp³-hybridized carbons (Fsp3) is 0.150. The average molecular weight is 381 g/mol. The number of hydrogen-bond donors (Lipinski definition) is 2. The van der Waals surface area contributed by atoms with Crippen molar-refractivity contribution in [2.75, 3.05) is 10.6 Å². The molecule has 6 nitrogen and oxygen atoms in total. The predicted octanol–water partition coefficient (Wildman–Crippen LogP) is 4.41. The summed E-state index contributed by atoms with van der Waals surface area (Å²) in [5.41, 5.74) is 1.55. The number of benzene rings is 2. The summed E-state index contributed by atoms with van der Waals surface area (Å²) in [7, 11) is 0. The lowest BCUT2D eigenvalue weighted by Gasteiger charge is -2.16. The number of aryl methyl sites for hydroxylation is 1. The first-order valence-corrected chi connectivity index (χ1v) is 9.22. The summed E-state index contributed by atoms with van der Waals surface area (Å²) in [4.78, 5) is 25.1. The number of nitrogens with zero attached hydrogens (tertiary/aromatic N) is 1. The van der Waals surface area contributed by atoms with Crippen LogP contribution in [0.2, 0.25) is 0 Å². The van der Waals surface area contributed by atoms with E-state index in [-0.39, 0.29) is 11.8 Å². The molecule has 1 heterocycles. The van der Waals surface area contributed by atoms with E-state index < -0.39 is 5.25 Å². The van der Waals surface area contributed by atoms with Crippen LogP contribution in [0.3, 0.4) is 0 Å². The van der Waals surface area contributed by atoms with Crippen LogP contribution in [0.25, 0.3) is 0 Å². The second-order valence-corrected chi connectivity index (χ2v) is 7.11. The SMILES string of the molecule is CC(=O)Nc1cccc(SC(C(=O)Nc2cc(C)on2)c2ccccc2)c1. The maximum absolute atomic E-state index is 12.9. The Kier molecular flexibility index (Phi) is 5.93. The van der Waals surface area contributed by atoms with E-state index >= 15 is 0 Å². The number of thioether (sulfide) groups is 1. The third-order valence-corrected chi connectivity index (χ3v) is 4.88. The molecule has 1 aromatic heterocycles. The van der Waals surface area contributed by atoms with E-state index in [9.17, 15) is 9.59 Å². The minimum atomic E-state index is -0.490. The van der Waals surface area contributed by atoms with Gasteiger partial charge in [0.2, 0.25) is 11.8 Å². The third kappa shape index (κ3) is 5.21. The summed E-state index contributed by atoms with van der Waals surface area (Å²) in [6.07, 6.45) is 0. The van der Waals surface area contributed by atoms with Crippen LogP contribution in [0.1, 0.15) is 23.5 Å². The van der Waals surface area contributed by atoms with Crippen molar-refractivity contribution in [3.8, 4) is 0 Å². The fourth-order valence-electron chi connectivity index (χ4n) is 2.50. The first-order chi connectivity index (χ1) is 13.0. The summed E-state index contributed by atoms with van der Waals surface area (Å²) in [5.74, 6) is 0.656. The van der Waals surface area contributed by atoms with Crippen molar-refractivity contribution >= 4 is 35.1 Å². The van der Waals surface area contributed by atoms with Gasteiger partial charge in [-0.25, -0.2) is 0 Å². The molecule has 3 rings (SSSR count). The van der Waals surface area contributed by atoms with E-state index in [1.165, 1.54) is 18.7 Å². The van der Waals surface area contributed by atoms with E-state index in [4.69, 9.17) is 4.52 Å². The van der Waals surface area contributed by atoms with Crippen LogP contribution < -0.4 is 10.6 Å². The Labute approximate surface area is 161 Å². The number of nitrogens with one attached hydrogen (secondary N) is 2. The van der Waals surface area contributed by atoms with Crippen molar-refractivity contribution in [3.05, 3.63) is 72.0 Å². The quantitative estimate of drug-likeness (QED) is 0.618. The number of aromatic nitrogens is 1. The molecular weight excluding hydrogens is 362 g/mol. The number of rotatable bonds is 6. The van der Waals surface area contributed by atoms with Crippen molar-refractivity contribution in [2.45, 2.75) is 24.0 Å². The van der Waals surface area contributed by atoms with Gasteiger partial charge in [-0.1, -0.05) is 41.6 Å². The Morgan fingerprint density at radius 3 is 2.48 bits per heavy atom. The van der Waals surface area contributed by atoms with Crippen molar-refractivity contribution in [3.63, 3.8) is 0 Å². The molecule has 2 amide bonds. The summed E-state index contributed by atoms with van der Waals surface area (Å²) in [5, 5.41) is 8.88. The summed E-state index contributed by atoms with van der Waals surface area (Å²) < 4.78 is 5.01. The molecule has 0 radical (unpaired) electrons. The van der Waals surface area contributed by atoms with Gasteiger partial charge >= 0.3 is 0 Å². The molecule has 3 aromatic rings. The van der Waals surface area contributed by atoms with Crippen LogP contribution in [0.4, 0.5) is 11.5 Å². The van der Waals surface area contributed by atoms with E-state index in [0.29, 0.717) is 17.3 Å². The first-order valence-electron chi connectivity index (χ1n) is 8.35. The fourth-order valence-corrected chi connectivity index (χ4v) is 3.59. The summed E-state index contributed by atoms with van der Waals surface area (Å²) in [6, 6.07) is 18.6. The molecular formula is C20H19N3O3S. The Morgan fingerprint density at radius 1 is 1.04 bits per heavy atom. The van der Waals surface area contributed by atoms with Gasteiger partial charge in [0.15, 0.2) is 5.82 Å². The molecule has 1 atom stereocenters. The molecule has 0 aliphatic carbocycles. The molecule has 138 valence electrons. The molecule has 0 bridgehead atoms. The highest BCUT2D eigenvalue weighted by atomic mass is 32.2. The topological polar surface area (TPSA) is 84.2 Å². The Morgan fingerprint density at radius 2 is 1.81 bits per heavy atom. The minimum Gasteiger partial charge on any atom is -0.360 e. The number of carbonyl (C=O) groups excluding carboxylic acids is 2. The van der Waals surface area contributed by atoms with Crippen LogP contribution in [-0.2, 0) is 9.59 Å². The third-order valence-electron chi connectivity index (χ3n) is 3.63. The van der Waals surface area contributed by atoms with Gasteiger partial charge in [0.1, 0.15) is 11.0 Å². The second-order valence-electron chi connectivity index (χ2n) is 5.93. The van der Waals surface area contributed by atoms with E-state index in [1.54, 1.807) is 19.1 Å². The molecule has 1 unspecified atom stereocenters. The van der Waals surface area contributed by atoms with Crippen molar-refractivity contribution < 1.29 is 14.1 Å². The van der Waals surface area contributed by atoms with Crippen LogP contribution in [-0.4, -0.2) is 17.0 Å². The van der Waals surface area contributed by atoms with Crippen molar-refractivity contribution in [2.24, 2.45) is 0 Å². The number of anilines is 2. The van der Waals surface area contributed by atoms with Crippen LogP contribution in [0, 0.1) is 6.92 Å². The van der Waals surface area contributed by atoms with Gasteiger partial charge in [-0.2, -0.15) is 0 Å². The standard InChI is InChI=1S/C20H19N3O3S/c1-13-11-18(23-26-13)22-20(25)19(15-7-4-3-5-8-15)27-17-10-6-9-16(12-17)21-14(2)24/h3-12,19H,1-2H3,(H,21,24)(H,22,23,25). The van der Waals surface area contributed by atoms with Gasteiger partial charge in [0.05, 0.1) is 0 Å². The normalized spacial score (nSPS) is 11.6. The van der Waals surface area contributed by atoms with Gasteiger partial charge in [0.25, 0.3) is 0 Å². The molecule has 0 fully saturated rings. The number of amides is 2. The zero-order chi connectivity index (χ0) is 19.2. The van der Waals surface area contributed by atoms with Gasteiger partial charge in [-0.05, 0) is 30.7 Å². The van der Waals surface area contributed by atoms with Crippen LogP contribution in [0.5, 0.6) is 0 Å². The Balaban J connectivity index is 1.84. The Bertz CT molecular complexity index is 940. The molecule has 7 heteroatoms. The lowest BCUT2D eigenvalue weighted by Crippen LogP contribution is -2.19. The van der Waals surface area contributed by atoms with Gasteiger partial charge in [-0.15, -0.1) is 11.8 Å². The largest absolute Gasteiger partial charge is 0.360 e.